The summed E-state index contributed by atoms with van der Waals surface area (Å²) >= 11 is 0. The topological polar surface area (TPSA) is 136 Å². The van der Waals surface area contributed by atoms with Gasteiger partial charge in [0.15, 0.2) is 11.6 Å². The molecule has 4 heterocycles. The molecular formula is C29H29FN10O2. The molecule has 1 amide bonds. The number of carbonyl (C=O) groups is 1. The number of hydrogen-bond donors (Lipinski definition) is 2. The van der Waals surface area contributed by atoms with E-state index in [9.17, 15) is 4.79 Å². The highest BCUT2D eigenvalue weighted by atomic mass is 19.1. The molecule has 3 aromatic heterocycles. The second-order valence-corrected chi connectivity index (χ2v) is 10.4. The van der Waals surface area contributed by atoms with Crippen molar-refractivity contribution < 1.29 is 13.9 Å². The van der Waals surface area contributed by atoms with Crippen LogP contribution in [0.4, 0.5) is 21.8 Å². The summed E-state index contributed by atoms with van der Waals surface area (Å²) in [6, 6.07) is 8.62. The summed E-state index contributed by atoms with van der Waals surface area (Å²) in [5, 5.41) is 14.2. The van der Waals surface area contributed by atoms with Crippen LogP contribution in [-0.2, 0) is 11.8 Å². The smallest absolute Gasteiger partial charge is 0.243 e. The number of hydrogen-bond acceptors (Lipinski definition) is 10. The molecule has 6 rings (SSSR count). The fourth-order valence-electron chi connectivity index (χ4n) is 5.18. The molecule has 1 fully saturated rings. The van der Waals surface area contributed by atoms with Crippen molar-refractivity contribution in [2.45, 2.75) is 26.3 Å². The minimum atomic E-state index is -0.486. The largest absolute Gasteiger partial charge is 0.457 e. The van der Waals surface area contributed by atoms with Crippen molar-refractivity contribution in [3.63, 3.8) is 0 Å². The molecule has 0 unspecified atom stereocenters. The summed E-state index contributed by atoms with van der Waals surface area (Å²) in [5.74, 6) is 1.31. The Morgan fingerprint density at radius 3 is 2.86 bits per heavy atom. The molecule has 42 heavy (non-hydrogen) atoms. The van der Waals surface area contributed by atoms with Gasteiger partial charge < -0.3 is 20.3 Å². The molecule has 1 aliphatic rings. The standard InChI is InChI=1S/C29H29FN10O2/c1-5-25(41)34-18-10-16(2)13-40(14-18)29-31-12-22-27(36-29)28(33-15-32-22)35-20-7-9-24(17(3)26(20)30)42-19-6-8-23-21(11-19)37-38-39(23)4/h5-9,11-12,15-16,18H,1,10,13-14H2,2-4H3,(H,34,41)(H,32,33,35)/t16-,18-/m1/s1. The molecule has 2 N–H and O–H groups in total. The third kappa shape index (κ3) is 5.28. The third-order valence-corrected chi connectivity index (χ3v) is 7.24. The average molecular weight is 569 g/mol. The molecule has 0 aliphatic carbocycles. The van der Waals surface area contributed by atoms with Gasteiger partial charge in [-0.2, -0.15) is 0 Å². The van der Waals surface area contributed by atoms with Gasteiger partial charge in [0.2, 0.25) is 11.9 Å². The zero-order valence-corrected chi connectivity index (χ0v) is 23.4. The number of nitrogens with one attached hydrogen (secondary N) is 2. The number of rotatable bonds is 7. The maximum absolute atomic E-state index is 15.6. The van der Waals surface area contributed by atoms with Crippen molar-refractivity contribution in [1.29, 1.82) is 0 Å². The van der Waals surface area contributed by atoms with Crippen LogP contribution in [0.3, 0.4) is 0 Å². The number of halogens is 1. The molecule has 1 saturated heterocycles. The van der Waals surface area contributed by atoms with Gasteiger partial charge in [0, 0.05) is 37.8 Å². The highest BCUT2D eigenvalue weighted by molar-refractivity contribution is 5.88. The Morgan fingerprint density at radius 1 is 1.17 bits per heavy atom. The van der Waals surface area contributed by atoms with E-state index in [2.05, 4.69) is 49.4 Å². The molecular weight excluding hydrogens is 539 g/mol. The molecule has 0 radical (unpaired) electrons. The summed E-state index contributed by atoms with van der Waals surface area (Å²) < 4.78 is 23.3. The van der Waals surface area contributed by atoms with Crippen molar-refractivity contribution in [3.05, 3.63) is 66.9 Å². The number of carbonyl (C=O) groups excluding carboxylic acids is 1. The second-order valence-electron chi connectivity index (χ2n) is 10.4. The number of fused-ring (bicyclic) bond motifs is 2. The van der Waals surface area contributed by atoms with Crippen LogP contribution in [0.25, 0.3) is 22.1 Å². The quantitative estimate of drug-likeness (QED) is 0.275. The van der Waals surface area contributed by atoms with Crippen LogP contribution in [0.15, 0.2) is 55.5 Å². The minimum Gasteiger partial charge on any atom is -0.457 e. The first-order chi connectivity index (χ1) is 20.3. The van der Waals surface area contributed by atoms with Gasteiger partial charge in [-0.3, -0.25) is 4.79 Å². The Balaban J connectivity index is 1.25. The molecule has 214 valence electrons. The Labute approximate surface area is 240 Å². The van der Waals surface area contributed by atoms with Gasteiger partial charge in [0.05, 0.1) is 17.4 Å². The Kier molecular flexibility index (Phi) is 7.07. The Hall–Kier alpha value is -5.20. The van der Waals surface area contributed by atoms with Crippen LogP contribution in [0.2, 0.25) is 0 Å². The number of benzene rings is 2. The zero-order valence-electron chi connectivity index (χ0n) is 23.4. The van der Waals surface area contributed by atoms with Crippen LogP contribution in [-0.4, -0.2) is 60.0 Å². The van der Waals surface area contributed by atoms with Gasteiger partial charge in [0.25, 0.3) is 0 Å². The Bertz CT molecular complexity index is 1820. The van der Waals surface area contributed by atoms with E-state index in [0.717, 1.165) is 18.5 Å². The zero-order chi connectivity index (χ0) is 29.4. The number of piperidine rings is 1. The number of nitrogens with zero attached hydrogens (tertiary/aromatic N) is 8. The van der Waals surface area contributed by atoms with Crippen molar-refractivity contribution in [1.82, 2.24) is 40.2 Å². The van der Waals surface area contributed by atoms with E-state index in [1.807, 2.05) is 18.0 Å². The summed E-state index contributed by atoms with van der Waals surface area (Å²) in [6.45, 7) is 8.57. The summed E-state index contributed by atoms with van der Waals surface area (Å²) in [7, 11) is 1.81. The van der Waals surface area contributed by atoms with E-state index in [4.69, 9.17) is 9.72 Å². The fraction of sp³-hybridized carbons (Fsp3) is 0.276. The lowest BCUT2D eigenvalue weighted by atomic mass is 9.96. The molecule has 1 aliphatic heterocycles. The molecule has 5 aromatic rings. The van der Waals surface area contributed by atoms with Gasteiger partial charge in [-0.25, -0.2) is 29.0 Å². The molecule has 0 saturated carbocycles. The van der Waals surface area contributed by atoms with Crippen molar-refractivity contribution >= 4 is 45.4 Å². The first-order valence-electron chi connectivity index (χ1n) is 13.5. The molecule has 13 heteroatoms. The maximum atomic E-state index is 15.6. The van der Waals surface area contributed by atoms with E-state index >= 15 is 4.39 Å². The van der Waals surface area contributed by atoms with E-state index in [1.54, 1.807) is 42.1 Å². The monoisotopic (exact) mass is 568 g/mol. The van der Waals surface area contributed by atoms with Crippen LogP contribution in [0.1, 0.15) is 18.9 Å². The van der Waals surface area contributed by atoms with Crippen LogP contribution < -0.4 is 20.3 Å². The van der Waals surface area contributed by atoms with Gasteiger partial charge in [-0.15, -0.1) is 5.10 Å². The SMILES string of the molecule is C=CC(=O)N[C@@H]1C[C@@H](C)CN(c2ncc3ncnc(Nc4ccc(Oc5ccc6c(c5)nnn6C)c(C)c4F)c3n2)C1. The number of anilines is 3. The number of ether oxygens (including phenoxy) is 1. The molecule has 0 bridgehead atoms. The predicted octanol–water partition coefficient (Wildman–Crippen LogP) is 4.20. The van der Waals surface area contributed by atoms with E-state index < -0.39 is 5.82 Å². The lowest BCUT2D eigenvalue weighted by Gasteiger charge is -2.36. The second kappa shape index (κ2) is 11.0. The predicted molar refractivity (Wildman–Crippen MR) is 156 cm³/mol. The normalized spacial score (nSPS) is 16.9. The molecule has 0 spiro atoms. The summed E-state index contributed by atoms with van der Waals surface area (Å²) in [6.07, 6.45) is 5.10. The van der Waals surface area contributed by atoms with E-state index in [0.29, 0.717) is 57.8 Å². The van der Waals surface area contributed by atoms with Gasteiger partial charge in [-0.1, -0.05) is 18.7 Å². The lowest BCUT2D eigenvalue weighted by Crippen LogP contribution is -2.50. The molecule has 2 atom stereocenters. The first kappa shape index (κ1) is 27.0. The van der Waals surface area contributed by atoms with Crippen molar-refractivity contribution in [2.24, 2.45) is 13.0 Å². The molecule has 12 nitrogen and oxygen atoms in total. The number of amides is 1. The van der Waals surface area contributed by atoms with E-state index in [1.165, 1.54) is 12.4 Å². The van der Waals surface area contributed by atoms with Crippen molar-refractivity contribution in [3.8, 4) is 11.5 Å². The first-order valence-corrected chi connectivity index (χ1v) is 13.5. The summed E-state index contributed by atoms with van der Waals surface area (Å²) in [5.41, 5.74) is 3.03. The van der Waals surface area contributed by atoms with Crippen LogP contribution in [0, 0.1) is 18.7 Å². The Morgan fingerprint density at radius 2 is 2.02 bits per heavy atom. The fourth-order valence-corrected chi connectivity index (χ4v) is 5.18. The highest BCUT2D eigenvalue weighted by Gasteiger charge is 2.27. The minimum absolute atomic E-state index is 0.0662. The average Bonchev–Trinajstić information content (AvgIpc) is 3.36. The lowest BCUT2D eigenvalue weighted by molar-refractivity contribution is -0.117. The van der Waals surface area contributed by atoms with E-state index in [-0.39, 0.29) is 17.6 Å². The number of aryl methyl sites for hydroxylation is 1. The van der Waals surface area contributed by atoms with Crippen LogP contribution in [0.5, 0.6) is 11.5 Å². The maximum Gasteiger partial charge on any atom is 0.243 e. The van der Waals surface area contributed by atoms with Gasteiger partial charge in [-0.05, 0) is 49.6 Å². The summed E-state index contributed by atoms with van der Waals surface area (Å²) in [4.78, 5) is 31.8. The molecule has 2 aromatic carbocycles. The van der Waals surface area contributed by atoms with Crippen LogP contribution >= 0.6 is 0 Å². The van der Waals surface area contributed by atoms with Gasteiger partial charge in [0.1, 0.15) is 34.4 Å². The van der Waals surface area contributed by atoms with Gasteiger partial charge >= 0.3 is 0 Å². The van der Waals surface area contributed by atoms with Crippen molar-refractivity contribution in [2.75, 3.05) is 23.3 Å². The third-order valence-electron chi connectivity index (χ3n) is 7.24. The number of aromatic nitrogens is 7. The highest BCUT2D eigenvalue weighted by Crippen LogP contribution is 2.33.